The molecular weight excluding hydrogens is 378 g/mol. The Bertz CT molecular complexity index is 918. The number of hydrogen-bond donors (Lipinski definition) is 0. The maximum absolute atomic E-state index is 12.7. The van der Waals surface area contributed by atoms with Crippen LogP contribution in [-0.2, 0) is 9.53 Å². The largest absolute Gasteiger partial charge is 0.462 e. The molecule has 1 fully saturated rings. The van der Waals surface area contributed by atoms with Crippen LogP contribution in [0.4, 0.5) is 5.69 Å². The second kappa shape index (κ2) is 8.79. The van der Waals surface area contributed by atoms with Crippen molar-refractivity contribution in [3.8, 4) is 0 Å². The number of anilines is 1. The van der Waals surface area contributed by atoms with Crippen LogP contribution in [-0.4, -0.2) is 22.8 Å². The van der Waals surface area contributed by atoms with Crippen LogP contribution in [0.25, 0.3) is 6.08 Å². The minimum Gasteiger partial charge on any atom is -0.462 e. The van der Waals surface area contributed by atoms with Gasteiger partial charge in [0.2, 0.25) is 0 Å². The van der Waals surface area contributed by atoms with Crippen molar-refractivity contribution in [1.82, 2.24) is 0 Å². The highest BCUT2D eigenvalue weighted by atomic mass is 32.2. The quantitative estimate of drug-likeness (QED) is 0.412. The first-order chi connectivity index (χ1) is 13.1. The smallest absolute Gasteiger partial charge is 0.338 e. The molecule has 0 N–H and O–H groups in total. The van der Waals surface area contributed by atoms with E-state index in [0.717, 1.165) is 5.56 Å². The zero-order valence-electron chi connectivity index (χ0n) is 14.6. The van der Waals surface area contributed by atoms with Gasteiger partial charge in [0, 0.05) is 0 Å². The fraction of sp³-hybridized carbons (Fsp3) is 0.0952. The Hall–Kier alpha value is -2.70. The van der Waals surface area contributed by atoms with Crippen molar-refractivity contribution < 1.29 is 14.3 Å². The number of ether oxygens (including phenoxy) is 1. The average Bonchev–Trinajstić information content (AvgIpc) is 2.96. The van der Waals surface area contributed by atoms with E-state index in [1.807, 2.05) is 42.5 Å². The minimum atomic E-state index is -0.389. The van der Waals surface area contributed by atoms with Gasteiger partial charge >= 0.3 is 5.97 Å². The number of thiocarbonyl (C=S) groups is 1. The lowest BCUT2D eigenvalue weighted by Crippen LogP contribution is -2.27. The molecule has 0 spiro atoms. The first-order valence-electron chi connectivity index (χ1n) is 8.37. The monoisotopic (exact) mass is 395 g/mol. The maximum Gasteiger partial charge on any atom is 0.338 e. The average molecular weight is 396 g/mol. The first-order valence-corrected chi connectivity index (χ1v) is 9.59. The SMILES string of the molecule is CCOC(=O)c1ccc(N2C(=O)/C(=C/C=C\c3ccccc3)SC2=S)cc1. The van der Waals surface area contributed by atoms with E-state index in [2.05, 4.69) is 0 Å². The third-order valence-electron chi connectivity index (χ3n) is 3.77. The Balaban J connectivity index is 1.75. The van der Waals surface area contributed by atoms with Crippen molar-refractivity contribution in [2.24, 2.45) is 0 Å². The van der Waals surface area contributed by atoms with E-state index in [4.69, 9.17) is 17.0 Å². The molecule has 2 aromatic carbocycles. The van der Waals surface area contributed by atoms with Gasteiger partial charge in [-0.05, 0) is 42.8 Å². The van der Waals surface area contributed by atoms with Crippen LogP contribution in [0.3, 0.4) is 0 Å². The number of thioether (sulfide) groups is 1. The highest BCUT2D eigenvalue weighted by Gasteiger charge is 2.32. The van der Waals surface area contributed by atoms with Crippen LogP contribution in [0.1, 0.15) is 22.8 Å². The van der Waals surface area contributed by atoms with E-state index in [0.29, 0.717) is 27.1 Å². The van der Waals surface area contributed by atoms with Crippen LogP contribution < -0.4 is 4.90 Å². The highest BCUT2D eigenvalue weighted by Crippen LogP contribution is 2.35. The summed E-state index contributed by atoms with van der Waals surface area (Å²) in [6, 6.07) is 16.5. The lowest BCUT2D eigenvalue weighted by Gasteiger charge is -2.14. The van der Waals surface area contributed by atoms with Crippen molar-refractivity contribution >= 4 is 51.9 Å². The number of benzene rings is 2. The van der Waals surface area contributed by atoms with Gasteiger partial charge in [-0.1, -0.05) is 66.5 Å². The number of hydrogen-bond acceptors (Lipinski definition) is 5. The summed E-state index contributed by atoms with van der Waals surface area (Å²) in [5.41, 5.74) is 2.12. The third-order valence-corrected chi connectivity index (χ3v) is 5.09. The van der Waals surface area contributed by atoms with Crippen LogP contribution in [0.2, 0.25) is 0 Å². The molecule has 0 atom stereocenters. The van der Waals surface area contributed by atoms with Crippen molar-refractivity contribution in [3.05, 3.63) is 82.8 Å². The molecule has 3 rings (SSSR count). The molecule has 1 heterocycles. The summed E-state index contributed by atoms with van der Waals surface area (Å²) < 4.78 is 5.43. The molecule has 1 saturated heterocycles. The van der Waals surface area contributed by atoms with Gasteiger partial charge in [-0.3, -0.25) is 9.69 Å². The van der Waals surface area contributed by atoms with Crippen LogP contribution >= 0.6 is 24.0 Å². The van der Waals surface area contributed by atoms with Gasteiger partial charge in [-0.2, -0.15) is 0 Å². The zero-order chi connectivity index (χ0) is 19.2. The van der Waals surface area contributed by atoms with Gasteiger partial charge in [0.25, 0.3) is 5.91 Å². The normalized spacial score (nSPS) is 15.7. The molecule has 4 nitrogen and oxygen atoms in total. The molecule has 0 bridgehead atoms. The van der Waals surface area contributed by atoms with E-state index in [-0.39, 0.29) is 11.9 Å². The Morgan fingerprint density at radius 3 is 2.52 bits per heavy atom. The third kappa shape index (κ3) is 4.53. The van der Waals surface area contributed by atoms with Crippen molar-refractivity contribution in [3.63, 3.8) is 0 Å². The molecule has 27 heavy (non-hydrogen) atoms. The number of esters is 1. The van der Waals surface area contributed by atoms with Crippen molar-refractivity contribution in [2.75, 3.05) is 11.5 Å². The first kappa shape index (κ1) is 19.1. The molecule has 0 aromatic heterocycles. The van der Waals surface area contributed by atoms with Gasteiger partial charge in [-0.25, -0.2) is 4.79 Å². The second-order valence-electron chi connectivity index (χ2n) is 5.58. The molecule has 0 unspecified atom stereocenters. The highest BCUT2D eigenvalue weighted by molar-refractivity contribution is 8.27. The molecule has 136 valence electrons. The summed E-state index contributed by atoms with van der Waals surface area (Å²) in [4.78, 5) is 26.5. The number of allylic oxidation sites excluding steroid dienone is 2. The van der Waals surface area contributed by atoms with Gasteiger partial charge in [0.05, 0.1) is 22.8 Å². The van der Waals surface area contributed by atoms with Gasteiger partial charge in [0.15, 0.2) is 4.32 Å². The summed E-state index contributed by atoms with van der Waals surface area (Å²) >= 11 is 6.61. The summed E-state index contributed by atoms with van der Waals surface area (Å²) in [5, 5.41) is 0. The lowest BCUT2D eigenvalue weighted by atomic mass is 10.2. The Morgan fingerprint density at radius 1 is 1.15 bits per heavy atom. The predicted octanol–water partition coefficient (Wildman–Crippen LogP) is 4.83. The fourth-order valence-electron chi connectivity index (χ4n) is 2.48. The van der Waals surface area contributed by atoms with E-state index < -0.39 is 0 Å². The lowest BCUT2D eigenvalue weighted by molar-refractivity contribution is -0.113. The summed E-state index contributed by atoms with van der Waals surface area (Å²) in [6.07, 6.45) is 5.53. The molecule has 1 aliphatic rings. The standard InChI is InChI=1S/C21H17NO3S2/c1-2-25-20(24)16-11-13-17(14-12-16)22-19(23)18(27-21(22)26)10-6-9-15-7-4-3-5-8-15/h3-14H,2H2,1H3/b9-6-,18-10-. The van der Waals surface area contributed by atoms with E-state index in [9.17, 15) is 9.59 Å². The molecule has 2 aromatic rings. The van der Waals surface area contributed by atoms with Crippen LogP contribution in [0, 0.1) is 0 Å². The second-order valence-corrected chi connectivity index (χ2v) is 7.25. The molecule has 0 aliphatic carbocycles. The molecule has 1 aliphatic heterocycles. The number of rotatable bonds is 5. The Morgan fingerprint density at radius 2 is 1.85 bits per heavy atom. The summed E-state index contributed by atoms with van der Waals surface area (Å²) in [5.74, 6) is -0.563. The predicted molar refractivity (Wildman–Crippen MR) is 114 cm³/mol. The van der Waals surface area contributed by atoms with Crippen LogP contribution in [0.5, 0.6) is 0 Å². The van der Waals surface area contributed by atoms with Gasteiger partial charge in [-0.15, -0.1) is 0 Å². The fourth-order valence-corrected chi connectivity index (χ4v) is 3.73. The van der Waals surface area contributed by atoms with Crippen molar-refractivity contribution in [1.29, 1.82) is 0 Å². The summed E-state index contributed by atoms with van der Waals surface area (Å²) in [7, 11) is 0. The van der Waals surface area contributed by atoms with Crippen LogP contribution in [0.15, 0.2) is 71.7 Å². The van der Waals surface area contributed by atoms with E-state index in [1.165, 1.54) is 16.7 Å². The molecule has 6 heteroatoms. The molecule has 1 amide bonds. The molecule has 0 radical (unpaired) electrons. The number of nitrogens with zero attached hydrogens (tertiary/aromatic N) is 1. The topological polar surface area (TPSA) is 46.6 Å². The number of amides is 1. The number of carbonyl (C=O) groups excluding carboxylic acids is 2. The van der Waals surface area contributed by atoms with Gasteiger partial charge in [0.1, 0.15) is 0 Å². The van der Waals surface area contributed by atoms with E-state index in [1.54, 1.807) is 37.3 Å². The molecule has 0 saturated carbocycles. The molecular formula is C21H17NO3S2. The van der Waals surface area contributed by atoms with Crippen molar-refractivity contribution in [2.45, 2.75) is 6.92 Å². The number of carbonyl (C=O) groups is 2. The Labute approximate surface area is 167 Å². The van der Waals surface area contributed by atoms with E-state index >= 15 is 0 Å². The maximum atomic E-state index is 12.7. The Kier molecular flexibility index (Phi) is 6.21. The zero-order valence-corrected chi connectivity index (χ0v) is 16.3. The summed E-state index contributed by atoms with van der Waals surface area (Å²) in [6.45, 7) is 2.07. The minimum absolute atomic E-state index is 0.174. The van der Waals surface area contributed by atoms with Gasteiger partial charge < -0.3 is 4.74 Å².